The Bertz CT molecular complexity index is 1060. The van der Waals surface area contributed by atoms with Crippen molar-refractivity contribution in [2.75, 3.05) is 14.1 Å². The highest BCUT2D eigenvalue weighted by Crippen LogP contribution is 2.31. The van der Waals surface area contributed by atoms with E-state index in [0.29, 0.717) is 11.1 Å². The first-order chi connectivity index (χ1) is 14.1. The lowest BCUT2D eigenvalue weighted by Crippen LogP contribution is -2.31. The zero-order chi connectivity index (χ0) is 20.4. The molecule has 148 valence electrons. The molecule has 1 aliphatic carbocycles. The van der Waals surface area contributed by atoms with Crippen LogP contribution in [-0.2, 0) is 22.4 Å². The molecule has 0 saturated carbocycles. The van der Waals surface area contributed by atoms with Crippen molar-refractivity contribution >= 4 is 22.8 Å². The zero-order valence-electron chi connectivity index (χ0n) is 16.7. The molecule has 0 N–H and O–H groups in total. The highest BCUT2D eigenvalue weighted by molar-refractivity contribution is 6.06. The van der Waals surface area contributed by atoms with Crippen LogP contribution in [-0.4, -0.2) is 35.9 Å². The number of amides is 1. The number of carbonyl (C=O) groups excluding carboxylic acids is 2. The number of fused-ring (bicyclic) bond motifs is 2. The minimum absolute atomic E-state index is 0.267. The second kappa shape index (κ2) is 8.03. The quantitative estimate of drug-likeness (QED) is 0.632. The smallest absolute Gasteiger partial charge is 0.340 e. The van der Waals surface area contributed by atoms with Crippen molar-refractivity contribution in [1.29, 1.82) is 0 Å². The maximum absolute atomic E-state index is 13.4. The molecule has 5 nitrogen and oxygen atoms in total. The average molecular weight is 388 g/mol. The predicted octanol–water partition coefficient (Wildman–Crippen LogP) is 4.10. The van der Waals surface area contributed by atoms with E-state index in [1.165, 1.54) is 4.90 Å². The third-order valence-electron chi connectivity index (χ3n) is 5.37. The number of likely N-dealkylation sites (N-methyl/N-ethyl adjacent to an activating group) is 1. The van der Waals surface area contributed by atoms with Crippen LogP contribution in [0.5, 0.6) is 0 Å². The van der Waals surface area contributed by atoms with Gasteiger partial charge in [-0.25, -0.2) is 4.79 Å². The molecule has 5 heteroatoms. The van der Waals surface area contributed by atoms with Crippen molar-refractivity contribution in [3.05, 3.63) is 77.0 Å². The van der Waals surface area contributed by atoms with Gasteiger partial charge >= 0.3 is 5.97 Å². The van der Waals surface area contributed by atoms with E-state index in [1.807, 2.05) is 42.5 Å². The number of rotatable bonds is 4. The first-order valence-corrected chi connectivity index (χ1v) is 9.94. The number of aromatic nitrogens is 1. The highest BCUT2D eigenvalue weighted by Gasteiger charge is 2.30. The van der Waals surface area contributed by atoms with Crippen molar-refractivity contribution in [3.63, 3.8) is 0 Å². The number of carbonyl (C=O) groups is 2. The number of hydrogen-bond donors (Lipinski definition) is 0. The van der Waals surface area contributed by atoms with Crippen LogP contribution in [0.3, 0.4) is 0 Å². The Labute approximate surface area is 170 Å². The topological polar surface area (TPSA) is 59.5 Å². The zero-order valence-corrected chi connectivity index (χ0v) is 16.7. The molecule has 1 amide bonds. The van der Waals surface area contributed by atoms with Gasteiger partial charge in [0.1, 0.15) is 0 Å². The highest BCUT2D eigenvalue weighted by atomic mass is 16.5. The van der Waals surface area contributed by atoms with Crippen LogP contribution in [0.1, 0.15) is 46.1 Å². The van der Waals surface area contributed by atoms with Gasteiger partial charge in [0, 0.05) is 30.7 Å². The van der Waals surface area contributed by atoms with Gasteiger partial charge < -0.3 is 9.64 Å². The minimum atomic E-state index is -0.982. The summed E-state index contributed by atoms with van der Waals surface area (Å²) in [5.41, 5.74) is 3.93. The first kappa shape index (κ1) is 19.1. The Hall–Kier alpha value is -3.21. The van der Waals surface area contributed by atoms with Gasteiger partial charge in [0.05, 0.1) is 11.1 Å². The van der Waals surface area contributed by atoms with E-state index in [0.717, 1.165) is 47.8 Å². The van der Waals surface area contributed by atoms with Crippen molar-refractivity contribution in [2.24, 2.45) is 0 Å². The van der Waals surface area contributed by atoms with Crippen molar-refractivity contribution in [3.8, 4) is 0 Å². The molecule has 0 bridgehead atoms. The van der Waals surface area contributed by atoms with Crippen LogP contribution < -0.4 is 0 Å². The lowest BCUT2D eigenvalue weighted by molar-refractivity contribution is -0.138. The minimum Gasteiger partial charge on any atom is -0.444 e. The number of nitrogens with zero attached hydrogens (tertiary/aromatic N) is 2. The fourth-order valence-electron chi connectivity index (χ4n) is 3.90. The molecule has 1 aliphatic rings. The Kier molecular flexibility index (Phi) is 5.30. The number of ether oxygens (including phenoxy) is 1. The number of para-hydroxylation sites is 1. The molecule has 0 aliphatic heterocycles. The number of hydrogen-bond acceptors (Lipinski definition) is 4. The SMILES string of the molecule is CN(C)C(=O)[C@H](OC(=O)c1c2c(nc3ccccc13)CCCC2)c1ccccc1. The number of benzene rings is 2. The summed E-state index contributed by atoms with van der Waals surface area (Å²) in [4.78, 5) is 32.4. The van der Waals surface area contributed by atoms with Gasteiger partial charge in [-0.3, -0.25) is 9.78 Å². The third-order valence-corrected chi connectivity index (χ3v) is 5.37. The van der Waals surface area contributed by atoms with Gasteiger partial charge in [-0.1, -0.05) is 48.5 Å². The fourth-order valence-corrected chi connectivity index (χ4v) is 3.90. The van der Waals surface area contributed by atoms with Crippen LogP contribution in [0.2, 0.25) is 0 Å². The number of esters is 1. The van der Waals surface area contributed by atoms with Gasteiger partial charge in [0.15, 0.2) is 0 Å². The van der Waals surface area contributed by atoms with E-state index in [1.54, 1.807) is 26.2 Å². The van der Waals surface area contributed by atoms with E-state index in [4.69, 9.17) is 9.72 Å². The molecular formula is C24H24N2O3. The van der Waals surface area contributed by atoms with Crippen LogP contribution in [0.25, 0.3) is 10.9 Å². The summed E-state index contributed by atoms with van der Waals surface area (Å²) in [7, 11) is 3.33. The van der Waals surface area contributed by atoms with Gasteiger partial charge in [-0.2, -0.15) is 0 Å². The molecule has 0 radical (unpaired) electrons. The Morgan fingerprint density at radius 2 is 1.66 bits per heavy atom. The molecule has 29 heavy (non-hydrogen) atoms. The summed E-state index contributed by atoms with van der Waals surface area (Å²) in [5, 5.41) is 0.780. The molecule has 0 spiro atoms. The lowest BCUT2D eigenvalue weighted by atomic mass is 9.90. The van der Waals surface area contributed by atoms with Crippen LogP contribution in [0.15, 0.2) is 54.6 Å². The summed E-state index contributed by atoms with van der Waals surface area (Å²) < 4.78 is 5.86. The van der Waals surface area contributed by atoms with Crippen molar-refractivity contribution in [2.45, 2.75) is 31.8 Å². The summed E-state index contributed by atoms with van der Waals surface area (Å²) in [6, 6.07) is 16.8. The third kappa shape index (κ3) is 3.73. The van der Waals surface area contributed by atoms with E-state index in [2.05, 4.69) is 0 Å². The molecule has 0 saturated heterocycles. The molecule has 1 heterocycles. The standard InChI is InChI=1S/C24H24N2O3/c1-26(2)23(27)22(16-10-4-3-5-11-16)29-24(28)21-17-12-6-8-14-19(17)25-20-15-9-7-13-18(20)21/h3-6,8,10-12,14,22H,7,9,13,15H2,1-2H3/t22-/m1/s1. The normalized spacial score (nSPS) is 14.1. The van der Waals surface area contributed by atoms with E-state index >= 15 is 0 Å². The maximum Gasteiger partial charge on any atom is 0.340 e. The van der Waals surface area contributed by atoms with E-state index in [9.17, 15) is 9.59 Å². The lowest BCUT2D eigenvalue weighted by Gasteiger charge is -2.24. The number of pyridine rings is 1. The van der Waals surface area contributed by atoms with E-state index < -0.39 is 12.1 Å². The van der Waals surface area contributed by atoms with Crippen molar-refractivity contribution < 1.29 is 14.3 Å². The molecule has 2 aromatic carbocycles. The van der Waals surface area contributed by atoms with Crippen LogP contribution in [0, 0.1) is 0 Å². The Morgan fingerprint density at radius 3 is 2.41 bits per heavy atom. The fraction of sp³-hybridized carbons (Fsp3) is 0.292. The monoisotopic (exact) mass is 388 g/mol. The van der Waals surface area contributed by atoms with Crippen molar-refractivity contribution in [1.82, 2.24) is 9.88 Å². The van der Waals surface area contributed by atoms with Gasteiger partial charge in [0.2, 0.25) is 6.10 Å². The number of aryl methyl sites for hydroxylation is 1. The van der Waals surface area contributed by atoms with Crippen LogP contribution >= 0.6 is 0 Å². The summed E-state index contributed by atoms with van der Waals surface area (Å²) in [6.07, 6.45) is 2.77. The first-order valence-electron chi connectivity index (χ1n) is 9.94. The Balaban J connectivity index is 1.79. The summed E-state index contributed by atoms with van der Waals surface area (Å²) >= 11 is 0. The van der Waals surface area contributed by atoms with E-state index in [-0.39, 0.29) is 5.91 Å². The second-order valence-corrected chi connectivity index (χ2v) is 7.57. The predicted molar refractivity (Wildman–Crippen MR) is 112 cm³/mol. The van der Waals surface area contributed by atoms with Gasteiger partial charge in [0.25, 0.3) is 5.91 Å². The molecule has 1 aromatic heterocycles. The van der Waals surface area contributed by atoms with Gasteiger partial charge in [-0.15, -0.1) is 0 Å². The molecule has 0 unspecified atom stereocenters. The summed E-state index contributed by atoms with van der Waals surface area (Å²) in [5.74, 6) is -0.734. The molecule has 3 aromatic rings. The second-order valence-electron chi connectivity index (χ2n) is 7.57. The van der Waals surface area contributed by atoms with Crippen LogP contribution in [0.4, 0.5) is 0 Å². The molecule has 0 fully saturated rings. The van der Waals surface area contributed by atoms with Gasteiger partial charge in [-0.05, 0) is 37.3 Å². The molecular weight excluding hydrogens is 364 g/mol. The Morgan fingerprint density at radius 1 is 0.966 bits per heavy atom. The summed E-state index contributed by atoms with van der Waals surface area (Å²) in [6.45, 7) is 0. The molecule has 1 atom stereocenters. The largest absolute Gasteiger partial charge is 0.444 e. The maximum atomic E-state index is 13.4. The molecule has 4 rings (SSSR count). The average Bonchev–Trinajstić information content (AvgIpc) is 2.75.